The molecule has 0 heterocycles. The van der Waals surface area contributed by atoms with Crippen LogP contribution in [0.2, 0.25) is 0 Å². The van der Waals surface area contributed by atoms with Crippen molar-refractivity contribution in [1.82, 2.24) is 0 Å². The zero-order valence-electron chi connectivity index (χ0n) is 6.67. The molecule has 3 heteroatoms. The summed E-state index contributed by atoms with van der Waals surface area (Å²) < 4.78 is -0.690. The lowest BCUT2D eigenvalue weighted by molar-refractivity contribution is 0.602. The van der Waals surface area contributed by atoms with Gasteiger partial charge in [-0.3, -0.25) is 0 Å². The predicted octanol–water partition coefficient (Wildman–Crippen LogP) is 4.12. The highest BCUT2D eigenvalue weighted by Crippen LogP contribution is 2.58. The topological polar surface area (TPSA) is 0 Å². The number of hydrogen-bond acceptors (Lipinski definition) is 0. The van der Waals surface area contributed by atoms with E-state index >= 15 is 0 Å². The monoisotopic (exact) mass is 214 g/mol. The molecule has 0 saturated heterocycles. The first-order chi connectivity index (χ1) is 5.02. The van der Waals surface area contributed by atoms with E-state index in [1.807, 2.05) is 0 Å². The van der Waals surface area contributed by atoms with Gasteiger partial charge in [0.15, 0.2) is 0 Å². The van der Waals surface area contributed by atoms with Crippen molar-refractivity contribution in [3.8, 4) is 0 Å². The van der Waals surface area contributed by atoms with Crippen molar-refractivity contribution in [2.75, 3.05) is 0 Å². The van der Waals surface area contributed by atoms with E-state index in [-0.39, 0.29) is 4.87 Å². The molecule has 0 aliphatic heterocycles. The van der Waals surface area contributed by atoms with Crippen molar-refractivity contribution >= 4 is 34.8 Å². The van der Waals surface area contributed by atoms with Gasteiger partial charge in [0.1, 0.15) is 4.33 Å². The second kappa shape index (κ2) is 3.32. The lowest BCUT2D eigenvalue weighted by Gasteiger charge is -2.24. The molecule has 0 amide bonds. The number of hydrogen-bond donors (Lipinski definition) is 0. The summed E-state index contributed by atoms with van der Waals surface area (Å²) in [5, 5.41) is 0. The molecule has 0 nitrogen and oxygen atoms in total. The van der Waals surface area contributed by atoms with Gasteiger partial charge in [0.2, 0.25) is 0 Å². The maximum Gasteiger partial charge on any atom is 0.137 e. The highest BCUT2D eigenvalue weighted by atomic mass is 35.5. The predicted molar refractivity (Wildman–Crippen MR) is 51.8 cm³/mol. The molecular weight excluding hydrogens is 202 g/mol. The summed E-state index contributed by atoms with van der Waals surface area (Å²) in [7, 11) is 0. The van der Waals surface area contributed by atoms with Crippen molar-refractivity contribution in [3.63, 3.8) is 0 Å². The van der Waals surface area contributed by atoms with Crippen LogP contribution in [-0.2, 0) is 0 Å². The molecule has 1 aliphatic carbocycles. The van der Waals surface area contributed by atoms with Crippen LogP contribution in [0.1, 0.15) is 39.0 Å². The van der Waals surface area contributed by atoms with Crippen LogP contribution in [0.3, 0.4) is 0 Å². The molecule has 1 rings (SSSR count). The van der Waals surface area contributed by atoms with Gasteiger partial charge in [-0.25, -0.2) is 0 Å². The van der Waals surface area contributed by atoms with Crippen molar-refractivity contribution in [2.24, 2.45) is 0 Å². The molecule has 0 aromatic rings. The SMILES string of the molecule is CCCCC(Cl)(Cl)C1(Cl)CC1. The van der Waals surface area contributed by atoms with E-state index in [9.17, 15) is 0 Å². The van der Waals surface area contributed by atoms with Gasteiger partial charge in [-0.1, -0.05) is 43.0 Å². The summed E-state index contributed by atoms with van der Waals surface area (Å²) >= 11 is 18.3. The summed E-state index contributed by atoms with van der Waals surface area (Å²) in [4.78, 5) is -0.300. The lowest BCUT2D eigenvalue weighted by Crippen LogP contribution is -2.27. The van der Waals surface area contributed by atoms with Gasteiger partial charge < -0.3 is 0 Å². The molecule has 0 radical (unpaired) electrons. The van der Waals surface area contributed by atoms with Gasteiger partial charge >= 0.3 is 0 Å². The minimum absolute atomic E-state index is 0.300. The van der Waals surface area contributed by atoms with Gasteiger partial charge in [0.25, 0.3) is 0 Å². The molecule has 1 fully saturated rings. The van der Waals surface area contributed by atoms with Gasteiger partial charge in [-0.05, 0) is 19.3 Å². The molecule has 1 aliphatic rings. The summed E-state index contributed by atoms with van der Waals surface area (Å²) in [6.07, 6.45) is 4.92. The quantitative estimate of drug-likeness (QED) is 0.619. The lowest BCUT2D eigenvalue weighted by atomic mass is 10.1. The molecular formula is C8H13Cl3. The highest BCUT2D eigenvalue weighted by Gasteiger charge is 2.56. The largest absolute Gasteiger partial charge is 0.137 e. The summed E-state index contributed by atoms with van der Waals surface area (Å²) in [6.45, 7) is 2.12. The van der Waals surface area contributed by atoms with Crippen LogP contribution in [0.5, 0.6) is 0 Å². The summed E-state index contributed by atoms with van der Waals surface area (Å²) in [5.74, 6) is 0. The van der Waals surface area contributed by atoms with E-state index in [1.165, 1.54) is 0 Å². The smallest absolute Gasteiger partial charge is 0.116 e. The fourth-order valence-electron chi connectivity index (χ4n) is 1.10. The average Bonchev–Trinajstić information content (AvgIpc) is 2.65. The molecule has 0 aromatic carbocycles. The normalized spacial score (nSPS) is 21.8. The van der Waals surface area contributed by atoms with Crippen molar-refractivity contribution in [3.05, 3.63) is 0 Å². The van der Waals surface area contributed by atoms with Crippen LogP contribution in [0.15, 0.2) is 0 Å². The summed E-state index contributed by atoms with van der Waals surface area (Å²) in [5.41, 5.74) is 0. The van der Waals surface area contributed by atoms with Crippen LogP contribution < -0.4 is 0 Å². The van der Waals surface area contributed by atoms with Crippen molar-refractivity contribution in [1.29, 1.82) is 0 Å². The second-order valence-electron chi connectivity index (χ2n) is 3.27. The Morgan fingerprint density at radius 2 is 1.91 bits per heavy atom. The molecule has 0 N–H and O–H groups in total. The van der Waals surface area contributed by atoms with Gasteiger partial charge in [-0.2, -0.15) is 0 Å². The van der Waals surface area contributed by atoms with E-state index in [1.54, 1.807) is 0 Å². The van der Waals surface area contributed by atoms with Crippen LogP contribution in [0.4, 0.5) is 0 Å². The van der Waals surface area contributed by atoms with Crippen molar-refractivity contribution < 1.29 is 0 Å². The van der Waals surface area contributed by atoms with Crippen LogP contribution >= 0.6 is 34.8 Å². The van der Waals surface area contributed by atoms with Gasteiger partial charge in [0.05, 0.1) is 4.87 Å². The van der Waals surface area contributed by atoms with E-state index < -0.39 is 4.33 Å². The molecule has 66 valence electrons. The molecule has 11 heavy (non-hydrogen) atoms. The third kappa shape index (κ3) is 2.17. The maximum absolute atomic E-state index is 6.11. The minimum atomic E-state index is -0.690. The van der Waals surface area contributed by atoms with Crippen LogP contribution in [0, 0.1) is 0 Å². The molecule has 0 atom stereocenters. The number of unbranched alkanes of at least 4 members (excludes halogenated alkanes) is 1. The fourth-order valence-corrected chi connectivity index (χ4v) is 1.93. The van der Waals surface area contributed by atoms with E-state index in [0.717, 1.165) is 32.1 Å². The Morgan fingerprint density at radius 1 is 1.36 bits per heavy atom. The molecule has 0 unspecified atom stereocenters. The van der Waals surface area contributed by atoms with E-state index in [2.05, 4.69) is 6.92 Å². The van der Waals surface area contributed by atoms with Crippen LogP contribution in [0.25, 0.3) is 0 Å². The number of halogens is 3. The standard InChI is InChI=1S/C8H13Cl3/c1-2-3-4-8(10,11)7(9)5-6-7/h2-6H2,1H3. The van der Waals surface area contributed by atoms with E-state index in [4.69, 9.17) is 34.8 Å². The third-order valence-electron chi connectivity index (χ3n) is 2.19. The fraction of sp³-hybridized carbons (Fsp3) is 1.00. The van der Waals surface area contributed by atoms with Crippen LogP contribution in [-0.4, -0.2) is 9.21 Å². The summed E-state index contributed by atoms with van der Waals surface area (Å²) in [6, 6.07) is 0. The molecule has 1 saturated carbocycles. The Kier molecular flexibility index (Phi) is 3.00. The Balaban J connectivity index is 2.39. The third-order valence-corrected chi connectivity index (χ3v) is 4.18. The highest BCUT2D eigenvalue weighted by molar-refractivity contribution is 6.54. The Labute approximate surface area is 83.2 Å². The maximum atomic E-state index is 6.11. The van der Waals surface area contributed by atoms with Gasteiger partial charge in [0, 0.05) is 0 Å². The molecule has 0 aromatic heterocycles. The van der Waals surface area contributed by atoms with Crippen molar-refractivity contribution in [2.45, 2.75) is 48.2 Å². The minimum Gasteiger partial charge on any atom is -0.116 e. The average molecular weight is 216 g/mol. The Morgan fingerprint density at radius 3 is 2.27 bits per heavy atom. The molecule has 0 bridgehead atoms. The number of alkyl halides is 3. The zero-order valence-corrected chi connectivity index (χ0v) is 8.94. The number of rotatable bonds is 4. The Bertz CT molecular complexity index is 138. The first-order valence-electron chi connectivity index (χ1n) is 4.08. The Hall–Kier alpha value is 0.870. The van der Waals surface area contributed by atoms with E-state index in [0.29, 0.717) is 0 Å². The second-order valence-corrected chi connectivity index (χ2v) is 5.48. The van der Waals surface area contributed by atoms with Gasteiger partial charge in [-0.15, -0.1) is 11.6 Å². The first-order valence-corrected chi connectivity index (χ1v) is 5.22. The zero-order chi connectivity index (χ0) is 8.54. The molecule has 0 spiro atoms. The first kappa shape index (κ1) is 9.95.